The number of hydrogen-bond donors (Lipinski definition) is 1. The van der Waals surface area contributed by atoms with E-state index in [2.05, 4.69) is 27.7 Å². The Morgan fingerprint density at radius 3 is 1.50 bits per heavy atom. The van der Waals surface area contributed by atoms with E-state index < -0.39 is 5.97 Å². The third-order valence-corrected chi connectivity index (χ3v) is 4.80. The molecule has 0 saturated carbocycles. The highest BCUT2D eigenvalue weighted by Gasteiger charge is 2.14. The van der Waals surface area contributed by atoms with Crippen molar-refractivity contribution in [2.24, 2.45) is 11.3 Å². The topological polar surface area (TPSA) is 37.3 Å². The van der Waals surface area contributed by atoms with Crippen molar-refractivity contribution in [1.29, 1.82) is 0 Å². The lowest BCUT2D eigenvalue weighted by Gasteiger charge is -2.23. The number of rotatable bonds is 16. The molecule has 0 bridgehead atoms. The van der Waals surface area contributed by atoms with Crippen LogP contribution in [0.25, 0.3) is 0 Å². The Labute approximate surface area is 151 Å². The highest BCUT2D eigenvalue weighted by atomic mass is 16.4. The fourth-order valence-corrected chi connectivity index (χ4v) is 3.68. The molecule has 0 aromatic rings. The van der Waals surface area contributed by atoms with Crippen LogP contribution in [-0.4, -0.2) is 11.1 Å². The summed E-state index contributed by atoms with van der Waals surface area (Å²) in [5.41, 5.74) is 0.482. The summed E-state index contributed by atoms with van der Waals surface area (Å²) >= 11 is 0. The number of carboxylic acids is 1. The average molecular weight is 341 g/mol. The summed E-state index contributed by atoms with van der Waals surface area (Å²) in [5.74, 6) is 0.221. The maximum atomic E-state index is 10.4. The van der Waals surface area contributed by atoms with E-state index >= 15 is 0 Å². The van der Waals surface area contributed by atoms with Crippen molar-refractivity contribution in [3.8, 4) is 0 Å². The normalized spacial score (nSPS) is 13.2. The molecule has 0 heterocycles. The van der Waals surface area contributed by atoms with E-state index in [9.17, 15) is 4.79 Å². The number of aliphatic carboxylic acids is 1. The molecule has 24 heavy (non-hydrogen) atoms. The summed E-state index contributed by atoms with van der Waals surface area (Å²) in [6, 6.07) is 0. The van der Waals surface area contributed by atoms with Gasteiger partial charge in [-0.3, -0.25) is 4.79 Å². The third-order valence-electron chi connectivity index (χ3n) is 4.80. The van der Waals surface area contributed by atoms with Crippen LogP contribution in [0.1, 0.15) is 124 Å². The van der Waals surface area contributed by atoms with E-state index in [1.165, 1.54) is 77.0 Å². The van der Waals surface area contributed by atoms with Gasteiger partial charge in [-0.2, -0.15) is 0 Å². The molecule has 1 N–H and O–H groups in total. The van der Waals surface area contributed by atoms with Gasteiger partial charge in [-0.15, -0.1) is 0 Å². The predicted octanol–water partition coefficient (Wildman–Crippen LogP) is 7.60. The fourth-order valence-electron chi connectivity index (χ4n) is 3.68. The zero-order valence-corrected chi connectivity index (χ0v) is 17.0. The molecule has 0 rings (SSSR count). The molecule has 144 valence electrons. The summed E-state index contributed by atoms with van der Waals surface area (Å²) in [4.78, 5) is 10.4. The van der Waals surface area contributed by atoms with Crippen LogP contribution in [0.4, 0.5) is 0 Å². The third kappa shape index (κ3) is 19.5. The molecule has 1 atom stereocenters. The molecular weight excluding hydrogens is 296 g/mol. The molecule has 0 aliphatic heterocycles. The molecule has 0 aromatic carbocycles. The van der Waals surface area contributed by atoms with Crippen LogP contribution in [0.3, 0.4) is 0 Å². The van der Waals surface area contributed by atoms with Crippen molar-refractivity contribution in [2.45, 2.75) is 124 Å². The lowest BCUT2D eigenvalue weighted by molar-refractivity contribution is -0.137. The lowest BCUT2D eigenvalue weighted by Crippen LogP contribution is -2.10. The molecule has 0 aromatic heterocycles. The second kappa shape index (κ2) is 14.8. The number of unbranched alkanes of at least 4 members (excludes halogenated alkanes) is 11. The molecule has 0 aliphatic carbocycles. The molecule has 0 radical (unpaired) electrons. The smallest absolute Gasteiger partial charge is 0.303 e. The molecule has 0 amide bonds. The highest BCUT2D eigenvalue weighted by molar-refractivity contribution is 5.66. The van der Waals surface area contributed by atoms with Crippen LogP contribution in [-0.2, 0) is 4.79 Å². The first-order valence-electron chi connectivity index (χ1n) is 10.5. The summed E-state index contributed by atoms with van der Waals surface area (Å²) in [6.45, 7) is 9.45. The molecular formula is C22H44O2. The fraction of sp³-hybridized carbons (Fsp3) is 0.955. The SMILES string of the molecule is CC(CCCCCCCCCCCCCCC(=O)O)CC(C)(C)C. The zero-order valence-electron chi connectivity index (χ0n) is 17.0. The quantitative estimate of drug-likeness (QED) is 0.294. The van der Waals surface area contributed by atoms with E-state index in [4.69, 9.17) is 5.11 Å². The summed E-state index contributed by atoms with van der Waals surface area (Å²) in [5, 5.41) is 8.56. The standard InChI is InChI=1S/C22H44O2/c1-20(19-22(2,3)4)17-15-13-11-9-7-5-6-8-10-12-14-16-18-21(23)24/h20H,5-19H2,1-4H3,(H,23,24). The van der Waals surface area contributed by atoms with Crippen molar-refractivity contribution in [2.75, 3.05) is 0 Å². The van der Waals surface area contributed by atoms with E-state index in [0.29, 0.717) is 11.8 Å². The van der Waals surface area contributed by atoms with E-state index in [0.717, 1.165) is 18.8 Å². The maximum absolute atomic E-state index is 10.4. The first-order valence-corrected chi connectivity index (χ1v) is 10.5. The van der Waals surface area contributed by atoms with Crippen molar-refractivity contribution < 1.29 is 9.90 Å². The Bertz CT molecular complexity index is 291. The second-order valence-corrected chi connectivity index (χ2v) is 9.05. The monoisotopic (exact) mass is 340 g/mol. The summed E-state index contributed by atoms with van der Waals surface area (Å²) in [6.07, 6.45) is 18.6. The molecule has 0 aliphatic rings. The van der Waals surface area contributed by atoms with Gasteiger partial charge in [0.15, 0.2) is 0 Å². The Morgan fingerprint density at radius 2 is 1.12 bits per heavy atom. The largest absolute Gasteiger partial charge is 0.481 e. The lowest BCUT2D eigenvalue weighted by atomic mass is 9.83. The van der Waals surface area contributed by atoms with Gasteiger partial charge >= 0.3 is 5.97 Å². The van der Waals surface area contributed by atoms with Gasteiger partial charge in [-0.05, 0) is 24.2 Å². The van der Waals surface area contributed by atoms with Crippen molar-refractivity contribution in [3.63, 3.8) is 0 Å². The van der Waals surface area contributed by atoms with Gasteiger partial charge in [-0.1, -0.05) is 105 Å². The van der Waals surface area contributed by atoms with E-state index in [-0.39, 0.29) is 0 Å². The minimum Gasteiger partial charge on any atom is -0.481 e. The van der Waals surface area contributed by atoms with Gasteiger partial charge in [0, 0.05) is 6.42 Å². The first-order chi connectivity index (χ1) is 11.3. The first kappa shape index (κ1) is 23.5. The number of hydrogen-bond acceptors (Lipinski definition) is 1. The van der Waals surface area contributed by atoms with Crippen LogP contribution >= 0.6 is 0 Å². The van der Waals surface area contributed by atoms with Crippen molar-refractivity contribution >= 4 is 5.97 Å². The number of carbonyl (C=O) groups is 1. The number of carboxylic acid groups (broad SMARTS) is 1. The van der Waals surface area contributed by atoms with Crippen LogP contribution in [0.5, 0.6) is 0 Å². The van der Waals surface area contributed by atoms with Gasteiger partial charge in [0.1, 0.15) is 0 Å². The molecule has 1 unspecified atom stereocenters. The Morgan fingerprint density at radius 1 is 0.750 bits per heavy atom. The van der Waals surface area contributed by atoms with E-state index in [1.807, 2.05) is 0 Å². The second-order valence-electron chi connectivity index (χ2n) is 9.05. The van der Waals surface area contributed by atoms with Crippen LogP contribution < -0.4 is 0 Å². The van der Waals surface area contributed by atoms with Crippen molar-refractivity contribution in [1.82, 2.24) is 0 Å². The van der Waals surface area contributed by atoms with Crippen LogP contribution in [0.15, 0.2) is 0 Å². The van der Waals surface area contributed by atoms with Gasteiger partial charge in [0.25, 0.3) is 0 Å². The minimum atomic E-state index is -0.654. The Hall–Kier alpha value is -0.530. The van der Waals surface area contributed by atoms with Gasteiger partial charge in [0.2, 0.25) is 0 Å². The molecule has 0 spiro atoms. The van der Waals surface area contributed by atoms with Crippen LogP contribution in [0.2, 0.25) is 0 Å². The predicted molar refractivity (Wildman–Crippen MR) is 106 cm³/mol. The van der Waals surface area contributed by atoms with Crippen LogP contribution in [0, 0.1) is 11.3 Å². The molecule has 0 saturated heterocycles. The van der Waals surface area contributed by atoms with Gasteiger partial charge in [0.05, 0.1) is 0 Å². The minimum absolute atomic E-state index is 0.342. The van der Waals surface area contributed by atoms with Gasteiger partial charge in [-0.25, -0.2) is 0 Å². The highest BCUT2D eigenvalue weighted by Crippen LogP contribution is 2.27. The molecule has 2 heteroatoms. The Balaban J connectivity index is 3.16. The van der Waals surface area contributed by atoms with Crippen molar-refractivity contribution in [3.05, 3.63) is 0 Å². The zero-order chi connectivity index (χ0) is 18.3. The average Bonchev–Trinajstić information content (AvgIpc) is 2.45. The maximum Gasteiger partial charge on any atom is 0.303 e. The Kier molecular flexibility index (Phi) is 14.5. The summed E-state index contributed by atoms with van der Waals surface area (Å²) < 4.78 is 0. The molecule has 2 nitrogen and oxygen atoms in total. The molecule has 0 fully saturated rings. The summed E-state index contributed by atoms with van der Waals surface area (Å²) in [7, 11) is 0. The van der Waals surface area contributed by atoms with E-state index in [1.54, 1.807) is 0 Å². The van der Waals surface area contributed by atoms with Gasteiger partial charge < -0.3 is 5.11 Å².